The highest BCUT2D eigenvalue weighted by molar-refractivity contribution is 5.82. The molecular formula is C39H58N2. The molecule has 2 aromatic rings. The highest BCUT2D eigenvalue weighted by atomic mass is 15.2. The number of hydrogen-bond donors (Lipinski definition) is 0. The molecule has 2 aromatic carbocycles. The van der Waals surface area contributed by atoms with Gasteiger partial charge in [0.25, 0.3) is 0 Å². The van der Waals surface area contributed by atoms with Crippen molar-refractivity contribution in [3.05, 3.63) is 87.5 Å². The monoisotopic (exact) mass is 554 g/mol. The smallest absolute Gasteiger partial charge is 0.211 e. The van der Waals surface area contributed by atoms with E-state index in [1.165, 1.54) is 130 Å². The fraction of sp³-hybridized carbons (Fsp3) is 0.590. The van der Waals surface area contributed by atoms with Crippen LogP contribution in [0.5, 0.6) is 0 Å². The molecule has 0 aliphatic carbocycles. The van der Waals surface area contributed by atoms with E-state index >= 15 is 0 Å². The van der Waals surface area contributed by atoms with Crippen molar-refractivity contribution in [2.24, 2.45) is 0 Å². The largest absolute Gasteiger partial charge is 0.493 e. The minimum Gasteiger partial charge on any atom is -0.493 e. The second-order valence-corrected chi connectivity index (χ2v) is 12.3. The van der Waals surface area contributed by atoms with E-state index in [0.717, 1.165) is 37.1 Å². The maximum Gasteiger partial charge on any atom is 0.211 e. The van der Waals surface area contributed by atoms with Crippen LogP contribution in [0.3, 0.4) is 0 Å². The summed E-state index contributed by atoms with van der Waals surface area (Å²) in [6.45, 7) is 9.10. The van der Waals surface area contributed by atoms with Gasteiger partial charge in [-0.25, -0.2) is 4.70 Å². The van der Waals surface area contributed by atoms with Gasteiger partial charge in [-0.2, -0.15) is 0 Å². The molecule has 1 aliphatic rings. The maximum atomic E-state index is 12.0. The minimum atomic E-state index is 1.03. The van der Waals surface area contributed by atoms with E-state index in [-0.39, 0.29) is 0 Å². The molecule has 2 heteroatoms. The normalized spacial score (nSPS) is 13.6. The van der Waals surface area contributed by atoms with Crippen LogP contribution in [-0.4, -0.2) is 4.70 Å². The maximum absolute atomic E-state index is 12.0. The average molecular weight is 555 g/mol. The second-order valence-electron chi connectivity index (χ2n) is 12.3. The molecule has 0 saturated heterocycles. The van der Waals surface area contributed by atoms with Crippen molar-refractivity contribution >= 4 is 11.4 Å². The Labute approximate surface area is 252 Å². The summed E-state index contributed by atoms with van der Waals surface area (Å²) in [5.74, 6) is 0. The molecule has 1 aliphatic heterocycles. The SMILES string of the molecule is CCCCCCCCC1=C(c2cccc(CCCC)c2)[N+](=[N-])C(c2cccc(CCCCCC)c2)=C1CCCCC. The van der Waals surface area contributed by atoms with E-state index in [2.05, 4.69) is 76.2 Å². The molecule has 0 amide bonds. The first kappa shape index (κ1) is 33.0. The van der Waals surface area contributed by atoms with Crippen molar-refractivity contribution in [2.75, 3.05) is 0 Å². The van der Waals surface area contributed by atoms with Gasteiger partial charge in [0.2, 0.25) is 11.4 Å². The lowest BCUT2D eigenvalue weighted by Crippen LogP contribution is -2.03. The van der Waals surface area contributed by atoms with Crippen LogP contribution in [0.15, 0.2) is 59.7 Å². The lowest BCUT2D eigenvalue weighted by atomic mass is 9.90. The van der Waals surface area contributed by atoms with Gasteiger partial charge in [0, 0.05) is 22.3 Å². The van der Waals surface area contributed by atoms with Gasteiger partial charge in [-0.3, -0.25) is 0 Å². The Morgan fingerprint density at radius 3 is 1.39 bits per heavy atom. The Hall–Kier alpha value is -2.48. The van der Waals surface area contributed by atoms with Crippen LogP contribution in [0.4, 0.5) is 0 Å². The van der Waals surface area contributed by atoms with Gasteiger partial charge in [0.15, 0.2) is 0 Å². The molecule has 0 N–H and O–H groups in total. The van der Waals surface area contributed by atoms with Crippen LogP contribution in [0.2, 0.25) is 0 Å². The quantitative estimate of drug-likeness (QED) is 0.108. The summed E-state index contributed by atoms with van der Waals surface area (Å²) in [6.07, 6.45) is 23.1. The molecule has 0 unspecified atom stereocenters. The lowest BCUT2D eigenvalue weighted by molar-refractivity contribution is -0.345. The van der Waals surface area contributed by atoms with Crippen molar-refractivity contribution in [1.82, 2.24) is 0 Å². The van der Waals surface area contributed by atoms with Gasteiger partial charge in [-0.05, 0) is 86.8 Å². The molecular weight excluding hydrogens is 496 g/mol. The number of hydrogen-bond acceptors (Lipinski definition) is 0. The molecule has 0 spiro atoms. The van der Waals surface area contributed by atoms with Gasteiger partial charge in [0.1, 0.15) is 0 Å². The van der Waals surface area contributed by atoms with Gasteiger partial charge in [-0.15, -0.1) is 0 Å². The van der Waals surface area contributed by atoms with E-state index in [9.17, 15) is 5.53 Å². The first-order valence-corrected chi connectivity index (χ1v) is 17.3. The van der Waals surface area contributed by atoms with Crippen LogP contribution in [0.25, 0.3) is 16.9 Å². The van der Waals surface area contributed by atoms with E-state index in [1.54, 1.807) is 4.70 Å². The Morgan fingerprint density at radius 1 is 0.463 bits per heavy atom. The van der Waals surface area contributed by atoms with Crippen LogP contribution in [0, 0.1) is 0 Å². The summed E-state index contributed by atoms with van der Waals surface area (Å²) >= 11 is 0. The topological polar surface area (TPSA) is 25.3 Å². The third-order valence-electron chi connectivity index (χ3n) is 8.71. The molecule has 1 heterocycles. The van der Waals surface area contributed by atoms with Crippen LogP contribution < -0.4 is 0 Å². The van der Waals surface area contributed by atoms with Crippen molar-refractivity contribution < 1.29 is 4.70 Å². The molecule has 0 aromatic heterocycles. The molecule has 3 rings (SSSR count). The summed E-state index contributed by atoms with van der Waals surface area (Å²) in [5.41, 5.74) is 22.0. The van der Waals surface area contributed by atoms with E-state index < -0.39 is 0 Å². The molecule has 0 atom stereocenters. The minimum absolute atomic E-state index is 1.03. The zero-order valence-corrected chi connectivity index (χ0v) is 26.9. The standard InChI is InChI=1S/C39H58N2/c1-5-9-13-15-16-19-29-37-36(28-17-11-7-3)38(35-27-21-25-33(31-35)23-18-14-10-6-2)41(40)39(37)34-26-20-24-32(30-34)22-12-8-4/h20-21,24-27,30-31H,5-19,22-23,28-29H2,1-4H3. The number of unbranched alkanes of at least 4 members (excludes halogenated alkanes) is 11. The second kappa shape index (κ2) is 18.9. The van der Waals surface area contributed by atoms with E-state index in [0.29, 0.717) is 0 Å². The Bertz CT molecular complexity index is 1140. The Kier molecular flexibility index (Phi) is 15.2. The summed E-state index contributed by atoms with van der Waals surface area (Å²) in [7, 11) is 0. The van der Waals surface area contributed by atoms with Crippen molar-refractivity contribution in [1.29, 1.82) is 0 Å². The van der Waals surface area contributed by atoms with Crippen molar-refractivity contribution in [2.45, 2.75) is 150 Å². The molecule has 0 bridgehead atoms. The molecule has 0 fully saturated rings. The van der Waals surface area contributed by atoms with E-state index in [4.69, 9.17) is 0 Å². The first-order valence-electron chi connectivity index (χ1n) is 17.3. The van der Waals surface area contributed by atoms with Crippen LogP contribution >= 0.6 is 0 Å². The highest BCUT2D eigenvalue weighted by Crippen LogP contribution is 2.45. The van der Waals surface area contributed by atoms with Gasteiger partial charge in [-0.1, -0.05) is 123 Å². The zero-order valence-electron chi connectivity index (χ0n) is 26.9. The third-order valence-corrected chi connectivity index (χ3v) is 8.71. The van der Waals surface area contributed by atoms with Gasteiger partial charge >= 0.3 is 0 Å². The third kappa shape index (κ3) is 10.1. The molecule has 2 nitrogen and oxygen atoms in total. The summed E-state index contributed by atoms with van der Waals surface area (Å²) in [4.78, 5) is 0. The van der Waals surface area contributed by atoms with Crippen molar-refractivity contribution in [3.63, 3.8) is 0 Å². The fourth-order valence-electron chi connectivity index (χ4n) is 6.30. The van der Waals surface area contributed by atoms with Gasteiger partial charge in [0.05, 0.1) is 0 Å². The Morgan fingerprint density at radius 2 is 0.854 bits per heavy atom. The lowest BCUT2D eigenvalue weighted by Gasteiger charge is -2.12. The molecule has 0 saturated carbocycles. The summed E-state index contributed by atoms with van der Waals surface area (Å²) < 4.78 is 1.59. The summed E-state index contributed by atoms with van der Waals surface area (Å²) in [6, 6.07) is 18.0. The zero-order chi connectivity index (χ0) is 29.3. The highest BCUT2D eigenvalue weighted by Gasteiger charge is 2.35. The van der Waals surface area contributed by atoms with Crippen LogP contribution in [0.1, 0.15) is 159 Å². The predicted molar refractivity (Wildman–Crippen MR) is 179 cm³/mol. The average Bonchev–Trinajstić information content (AvgIpc) is 3.27. The van der Waals surface area contributed by atoms with Crippen molar-refractivity contribution in [3.8, 4) is 0 Å². The van der Waals surface area contributed by atoms with E-state index in [1.807, 2.05) is 0 Å². The molecule has 41 heavy (non-hydrogen) atoms. The molecule has 224 valence electrons. The summed E-state index contributed by atoms with van der Waals surface area (Å²) in [5, 5.41) is 0. The number of benzene rings is 2. The van der Waals surface area contributed by atoms with Gasteiger partial charge < -0.3 is 5.53 Å². The number of aryl methyl sites for hydroxylation is 2. The fourth-order valence-corrected chi connectivity index (χ4v) is 6.30. The number of nitrogens with zero attached hydrogens (tertiary/aromatic N) is 2. The number of allylic oxidation sites excluding steroid dienone is 2. The number of rotatable bonds is 21. The predicted octanol–water partition coefficient (Wildman–Crippen LogP) is 12.7. The first-order chi connectivity index (χ1) is 20.1. The molecule has 0 radical (unpaired) electrons. The van der Waals surface area contributed by atoms with Crippen LogP contribution in [-0.2, 0) is 12.8 Å². The Balaban J connectivity index is 2.01.